The molecule has 36 heavy (non-hydrogen) atoms. The summed E-state index contributed by atoms with van der Waals surface area (Å²) >= 11 is 5.93. The van der Waals surface area contributed by atoms with E-state index >= 15 is 0 Å². The number of benzene rings is 1. The quantitative estimate of drug-likeness (QED) is 0.468. The third-order valence-electron chi connectivity index (χ3n) is 7.63. The summed E-state index contributed by atoms with van der Waals surface area (Å²) < 4.78 is 7.94. The predicted molar refractivity (Wildman–Crippen MR) is 149 cm³/mol. The molecule has 0 spiro atoms. The first-order valence-corrected chi connectivity index (χ1v) is 13.4. The second-order valence-electron chi connectivity index (χ2n) is 10.0. The van der Waals surface area contributed by atoms with Crippen LogP contribution < -0.4 is 5.32 Å². The molecule has 5 rings (SSSR count). The molecule has 0 radical (unpaired) electrons. The van der Waals surface area contributed by atoms with Crippen LogP contribution in [-0.4, -0.2) is 63.9 Å². The van der Waals surface area contributed by atoms with Crippen LogP contribution in [0.4, 0.5) is 0 Å². The summed E-state index contributed by atoms with van der Waals surface area (Å²) in [5, 5.41) is 4.44. The average Bonchev–Trinajstić information content (AvgIpc) is 3.36. The average molecular weight is 504 g/mol. The van der Waals surface area contributed by atoms with Gasteiger partial charge in [-0.05, 0) is 81.2 Å². The van der Waals surface area contributed by atoms with Crippen molar-refractivity contribution in [1.29, 1.82) is 0 Å². The van der Waals surface area contributed by atoms with E-state index in [1.807, 2.05) is 12.3 Å². The molecule has 0 amide bonds. The molecule has 2 aromatic heterocycles. The number of aryl methyl sites for hydroxylation is 3. The standard InChI is InChI=1S/C29H37N5OS/c1-20-9-7-10-21(2)27(20)34-22(3)19-24(23(34)4)28-26(25-11-5-6-12-30-25)31-29(36)33(28)14-8-13-32-15-17-35-18-16-32/h5-7,9-12,19,26,28H,8,13-18H2,1-4H3,(H,31,36)/t26-,28-/m1/s1. The number of ether oxygens (including phenoxy) is 1. The molecule has 2 fully saturated rings. The minimum atomic E-state index is 0.00834. The topological polar surface area (TPSA) is 45.6 Å². The molecule has 6 nitrogen and oxygen atoms in total. The van der Waals surface area contributed by atoms with Gasteiger partial charge in [0.25, 0.3) is 0 Å². The first kappa shape index (κ1) is 24.9. The summed E-state index contributed by atoms with van der Waals surface area (Å²) in [5.41, 5.74) is 8.69. The molecular weight excluding hydrogens is 466 g/mol. The van der Waals surface area contributed by atoms with Crippen LogP contribution in [0, 0.1) is 27.7 Å². The normalized spacial score (nSPS) is 20.7. The maximum Gasteiger partial charge on any atom is 0.170 e. The molecule has 190 valence electrons. The number of para-hydroxylation sites is 1. The van der Waals surface area contributed by atoms with E-state index in [-0.39, 0.29) is 12.1 Å². The number of nitrogens with zero attached hydrogens (tertiary/aromatic N) is 4. The molecule has 1 N–H and O–H groups in total. The minimum Gasteiger partial charge on any atom is -0.379 e. The van der Waals surface area contributed by atoms with Crippen LogP contribution in [0.3, 0.4) is 0 Å². The van der Waals surface area contributed by atoms with Gasteiger partial charge >= 0.3 is 0 Å². The summed E-state index contributed by atoms with van der Waals surface area (Å²) in [4.78, 5) is 9.62. The number of pyridine rings is 1. The number of aromatic nitrogens is 2. The van der Waals surface area contributed by atoms with E-state index in [0.29, 0.717) is 0 Å². The highest BCUT2D eigenvalue weighted by Crippen LogP contribution is 2.41. The molecular formula is C29H37N5OS. The van der Waals surface area contributed by atoms with Gasteiger partial charge in [0.2, 0.25) is 0 Å². The molecule has 2 atom stereocenters. The van der Waals surface area contributed by atoms with Crippen molar-refractivity contribution in [3.8, 4) is 5.69 Å². The van der Waals surface area contributed by atoms with Crippen molar-refractivity contribution in [3.63, 3.8) is 0 Å². The van der Waals surface area contributed by atoms with E-state index in [0.717, 1.165) is 56.6 Å². The Labute approximate surface area is 220 Å². The van der Waals surface area contributed by atoms with Crippen molar-refractivity contribution in [2.24, 2.45) is 0 Å². The Morgan fingerprint density at radius 1 is 1.00 bits per heavy atom. The molecule has 2 aliphatic heterocycles. The van der Waals surface area contributed by atoms with E-state index in [2.05, 4.69) is 83.8 Å². The first-order valence-electron chi connectivity index (χ1n) is 13.0. The van der Waals surface area contributed by atoms with Crippen LogP contribution in [0.5, 0.6) is 0 Å². The zero-order valence-corrected chi connectivity index (χ0v) is 22.6. The smallest absolute Gasteiger partial charge is 0.170 e. The SMILES string of the molecule is Cc1cccc(C)c1-n1c(C)cc([C@@H]2[C@@H](c3ccccn3)NC(=S)N2CCCN2CCOCC2)c1C. The maximum atomic E-state index is 5.93. The minimum absolute atomic E-state index is 0.00834. The van der Waals surface area contributed by atoms with Gasteiger partial charge in [-0.2, -0.15) is 0 Å². The monoisotopic (exact) mass is 503 g/mol. The lowest BCUT2D eigenvalue weighted by molar-refractivity contribution is 0.0365. The Morgan fingerprint density at radius 2 is 1.75 bits per heavy atom. The fourth-order valence-corrected chi connectivity index (χ4v) is 6.20. The number of rotatable bonds is 7. The van der Waals surface area contributed by atoms with E-state index < -0.39 is 0 Å². The van der Waals surface area contributed by atoms with Crippen molar-refractivity contribution < 1.29 is 4.74 Å². The molecule has 2 saturated heterocycles. The highest BCUT2D eigenvalue weighted by atomic mass is 32.1. The van der Waals surface area contributed by atoms with Gasteiger partial charge in [-0.1, -0.05) is 24.3 Å². The number of hydrogen-bond acceptors (Lipinski definition) is 4. The van der Waals surface area contributed by atoms with Crippen molar-refractivity contribution >= 4 is 17.3 Å². The predicted octanol–water partition coefficient (Wildman–Crippen LogP) is 4.80. The molecule has 0 aliphatic carbocycles. The Kier molecular flexibility index (Phi) is 7.42. The number of morpholine rings is 1. The zero-order chi connectivity index (χ0) is 25.2. The van der Waals surface area contributed by atoms with Crippen molar-refractivity contribution in [3.05, 3.63) is 82.4 Å². The van der Waals surface area contributed by atoms with Crippen molar-refractivity contribution in [1.82, 2.24) is 24.7 Å². The lowest BCUT2D eigenvalue weighted by Crippen LogP contribution is -2.39. The Hall–Kier alpha value is -2.74. The van der Waals surface area contributed by atoms with Gasteiger partial charge in [-0.15, -0.1) is 0 Å². The van der Waals surface area contributed by atoms with Gasteiger partial charge in [0, 0.05) is 43.8 Å². The van der Waals surface area contributed by atoms with Crippen LogP contribution in [0.15, 0.2) is 48.7 Å². The molecule has 4 heterocycles. The third-order valence-corrected chi connectivity index (χ3v) is 7.98. The fourth-order valence-electron chi connectivity index (χ4n) is 5.86. The molecule has 2 aliphatic rings. The van der Waals surface area contributed by atoms with Gasteiger partial charge in [-0.25, -0.2) is 0 Å². The first-order chi connectivity index (χ1) is 17.5. The van der Waals surface area contributed by atoms with E-state index in [4.69, 9.17) is 21.9 Å². The van der Waals surface area contributed by atoms with Crippen LogP contribution in [-0.2, 0) is 4.74 Å². The van der Waals surface area contributed by atoms with Crippen LogP contribution in [0.1, 0.15) is 52.3 Å². The van der Waals surface area contributed by atoms with Gasteiger partial charge in [-0.3, -0.25) is 9.88 Å². The third kappa shape index (κ3) is 4.80. The summed E-state index contributed by atoms with van der Waals surface area (Å²) in [6.45, 7) is 14.5. The van der Waals surface area contributed by atoms with E-state index in [9.17, 15) is 0 Å². The second-order valence-corrected chi connectivity index (χ2v) is 10.4. The van der Waals surface area contributed by atoms with Gasteiger partial charge < -0.3 is 19.5 Å². The van der Waals surface area contributed by atoms with Crippen molar-refractivity contribution in [2.45, 2.75) is 46.2 Å². The lowest BCUT2D eigenvalue weighted by atomic mass is 9.96. The lowest BCUT2D eigenvalue weighted by Gasteiger charge is -2.30. The summed E-state index contributed by atoms with van der Waals surface area (Å²) in [7, 11) is 0. The Balaban J connectivity index is 1.50. The van der Waals surface area contributed by atoms with Crippen molar-refractivity contribution in [2.75, 3.05) is 39.4 Å². The highest BCUT2D eigenvalue weighted by Gasteiger charge is 2.41. The second kappa shape index (κ2) is 10.7. The highest BCUT2D eigenvalue weighted by molar-refractivity contribution is 7.80. The van der Waals surface area contributed by atoms with Crippen LogP contribution >= 0.6 is 12.2 Å². The van der Waals surface area contributed by atoms with Crippen LogP contribution in [0.25, 0.3) is 5.69 Å². The number of nitrogens with one attached hydrogen (secondary N) is 1. The summed E-state index contributed by atoms with van der Waals surface area (Å²) in [5.74, 6) is 0. The van der Waals surface area contributed by atoms with E-state index in [1.54, 1.807) is 0 Å². The molecule has 7 heteroatoms. The molecule has 0 unspecified atom stereocenters. The Morgan fingerprint density at radius 3 is 2.44 bits per heavy atom. The molecule has 1 aromatic carbocycles. The van der Waals surface area contributed by atoms with Gasteiger partial charge in [0.1, 0.15) is 0 Å². The Bertz CT molecular complexity index is 1200. The van der Waals surface area contributed by atoms with Gasteiger partial charge in [0.05, 0.1) is 36.7 Å². The molecule has 0 bridgehead atoms. The number of thiocarbonyl (C=S) groups is 1. The maximum absolute atomic E-state index is 5.93. The van der Waals surface area contributed by atoms with Gasteiger partial charge in [0.15, 0.2) is 5.11 Å². The fraction of sp³-hybridized carbons (Fsp3) is 0.448. The largest absolute Gasteiger partial charge is 0.379 e. The summed E-state index contributed by atoms with van der Waals surface area (Å²) in [6.07, 6.45) is 2.93. The summed E-state index contributed by atoms with van der Waals surface area (Å²) in [6, 6.07) is 15.1. The van der Waals surface area contributed by atoms with Crippen LogP contribution in [0.2, 0.25) is 0 Å². The van der Waals surface area contributed by atoms with E-state index in [1.165, 1.54) is 33.8 Å². The molecule has 3 aromatic rings. The molecule has 0 saturated carbocycles. The number of hydrogen-bond donors (Lipinski definition) is 1. The zero-order valence-electron chi connectivity index (χ0n) is 21.8.